The molecule has 2 heterocycles. The average molecular weight is 320 g/mol. The molecule has 0 fully saturated rings. The monoisotopic (exact) mass is 320 g/mol. The summed E-state index contributed by atoms with van der Waals surface area (Å²) in [5.41, 5.74) is 4.99. The van der Waals surface area contributed by atoms with Gasteiger partial charge in [0.1, 0.15) is 0 Å². The Balaban J connectivity index is 2.21. The van der Waals surface area contributed by atoms with E-state index in [1.807, 2.05) is 0 Å². The molecule has 2 aromatic carbocycles. The smallest absolute Gasteiger partial charge is 0.382 e. The van der Waals surface area contributed by atoms with Crippen molar-refractivity contribution in [2.75, 3.05) is 0 Å². The zero-order chi connectivity index (χ0) is 16.9. The van der Waals surface area contributed by atoms with E-state index in [0.29, 0.717) is 0 Å². The van der Waals surface area contributed by atoms with Crippen LogP contribution in [0.5, 0.6) is 0 Å². The average Bonchev–Trinajstić information content (AvgIpc) is 3.03. The lowest BCUT2D eigenvalue weighted by molar-refractivity contribution is -0.746. The zero-order valence-electron chi connectivity index (χ0n) is 15.1. The molecule has 1 atom stereocenters. The highest BCUT2D eigenvalue weighted by atomic mass is 16.4. The summed E-state index contributed by atoms with van der Waals surface area (Å²) in [6.45, 7) is 9.40. The molecular formula is C22H26NO+. The van der Waals surface area contributed by atoms with Gasteiger partial charge in [-0.15, -0.1) is 0 Å². The maximum Gasteiger partial charge on any atom is 0.382 e. The van der Waals surface area contributed by atoms with Crippen LogP contribution in [-0.2, 0) is 11.0 Å². The maximum absolute atomic E-state index is 6.36. The van der Waals surface area contributed by atoms with Crippen molar-refractivity contribution < 1.29 is 8.98 Å². The summed E-state index contributed by atoms with van der Waals surface area (Å²) >= 11 is 0. The Kier molecular flexibility index (Phi) is 3.35. The summed E-state index contributed by atoms with van der Waals surface area (Å²) in [5.74, 6) is 1.01. The normalized spacial score (nSPS) is 21.5. The van der Waals surface area contributed by atoms with E-state index < -0.39 is 0 Å². The molecule has 2 nitrogen and oxygen atoms in total. The Labute approximate surface area is 144 Å². The third-order valence-electron chi connectivity index (χ3n) is 6.61. The lowest BCUT2D eigenvalue weighted by atomic mass is 9.58. The first-order valence-corrected chi connectivity index (χ1v) is 9.17. The predicted molar refractivity (Wildman–Crippen MR) is 98.0 cm³/mol. The van der Waals surface area contributed by atoms with Crippen LogP contribution in [0, 0.1) is 0 Å². The molecule has 1 unspecified atom stereocenters. The Morgan fingerprint density at radius 1 is 0.875 bits per heavy atom. The molecule has 1 aliphatic rings. The van der Waals surface area contributed by atoms with Gasteiger partial charge in [0.05, 0.1) is 11.0 Å². The molecule has 124 valence electrons. The number of rotatable bonds is 3. The second kappa shape index (κ2) is 5.20. The minimum atomic E-state index is -0.00715. The third kappa shape index (κ3) is 1.64. The molecule has 2 heteroatoms. The number of nitrogens with zero attached hydrogens (tertiary/aromatic N) is 1. The molecule has 0 saturated heterocycles. The summed E-state index contributed by atoms with van der Waals surface area (Å²) < 4.78 is 8.84. The Morgan fingerprint density at radius 3 is 2.25 bits per heavy atom. The molecule has 0 saturated carbocycles. The summed E-state index contributed by atoms with van der Waals surface area (Å²) in [6, 6.07) is 17.3. The summed E-state index contributed by atoms with van der Waals surface area (Å²) in [4.78, 5) is 0. The molecular weight excluding hydrogens is 294 g/mol. The van der Waals surface area contributed by atoms with Gasteiger partial charge in [0, 0.05) is 19.4 Å². The van der Waals surface area contributed by atoms with Crippen LogP contribution < -0.4 is 4.57 Å². The van der Waals surface area contributed by atoms with Crippen molar-refractivity contribution in [1.82, 2.24) is 0 Å². The largest absolute Gasteiger partial charge is 0.398 e. The number of hydrogen-bond acceptors (Lipinski definition) is 1. The molecule has 0 spiro atoms. The standard InChI is InChI=1S/C22H26NO/c1-5-21(4)22(6-2,7-3)17-13-9-8-12-16(17)20-23(21)18-14-10-11-15-19(18)24-20/h8-15H,5-7H2,1-4H3/q+1. The summed E-state index contributed by atoms with van der Waals surface area (Å²) in [5, 5.41) is 0. The Bertz CT molecular complexity index is 903. The minimum absolute atomic E-state index is 0.00715. The second-order valence-electron chi connectivity index (χ2n) is 7.17. The van der Waals surface area contributed by atoms with E-state index in [4.69, 9.17) is 4.42 Å². The number of aromatic nitrogens is 1. The van der Waals surface area contributed by atoms with Crippen LogP contribution in [-0.4, -0.2) is 0 Å². The van der Waals surface area contributed by atoms with Crippen LogP contribution in [0.1, 0.15) is 52.5 Å². The van der Waals surface area contributed by atoms with Crippen LogP contribution in [0.3, 0.4) is 0 Å². The molecule has 0 amide bonds. The third-order valence-corrected chi connectivity index (χ3v) is 6.61. The molecule has 0 aliphatic carbocycles. The van der Waals surface area contributed by atoms with Crippen LogP contribution in [0.2, 0.25) is 0 Å². The molecule has 0 N–H and O–H groups in total. The Morgan fingerprint density at radius 2 is 1.54 bits per heavy atom. The molecule has 24 heavy (non-hydrogen) atoms. The van der Waals surface area contributed by atoms with Crippen molar-refractivity contribution in [2.24, 2.45) is 0 Å². The number of oxazole rings is 1. The van der Waals surface area contributed by atoms with Crippen molar-refractivity contribution in [3.63, 3.8) is 0 Å². The van der Waals surface area contributed by atoms with E-state index in [-0.39, 0.29) is 11.0 Å². The van der Waals surface area contributed by atoms with E-state index in [2.05, 4.69) is 80.8 Å². The van der Waals surface area contributed by atoms with E-state index in [9.17, 15) is 0 Å². The fraction of sp³-hybridized carbons (Fsp3) is 0.409. The minimum Gasteiger partial charge on any atom is -0.398 e. The SMILES string of the molecule is CCC1(CC)c2ccccc2-c2oc3ccccc3[n+]2C1(C)CC. The number of hydrogen-bond donors (Lipinski definition) is 0. The van der Waals surface area contributed by atoms with Gasteiger partial charge >= 0.3 is 5.89 Å². The van der Waals surface area contributed by atoms with E-state index in [1.165, 1.54) is 16.6 Å². The molecule has 0 bridgehead atoms. The molecule has 0 radical (unpaired) electrons. The van der Waals surface area contributed by atoms with Crippen LogP contribution in [0.25, 0.3) is 22.6 Å². The van der Waals surface area contributed by atoms with Crippen molar-refractivity contribution >= 4 is 11.1 Å². The highest BCUT2D eigenvalue weighted by Gasteiger charge is 2.60. The number of benzene rings is 2. The first kappa shape index (κ1) is 15.4. The van der Waals surface area contributed by atoms with Gasteiger partial charge in [-0.2, -0.15) is 4.57 Å². The van der Waals surface area contributed by atoms with Gasteiger partial charge in [0.2, 0.25) is 5.58 Å². The predicted octanol–water partition coefficient (Wildman–Crippen LogP) is 5.58. The Hall–Kier alpha value is -2.09. The topological polar surface area (TPSA) is 17.0 Å². The van der Waals surface area contributed by atoms with Crippen LogP contribution in [0.4, 0.5) is 0 Å². The van der Waals surface area contributed by atoms with Gasteiger partial charge in [-0.25, -0.2) is 0 Å². The van der Waals surface area contributed by atoms with Crippen LogP contribution in [0.15, 0.2) is 52.9 Å². The van der Waals surface area contributed by atoms with Gasteiger partial charge in [0.25, 0.3) is 5.52 Å². The van der Waals surface area contributed by atoms with E-state index >= 15 is 0 Å². The van der Waals surface area contributed by atoms with Crippen molar-refractivity contribution in [2.45, 2.75) is 57.9 Å². The molecule has 4 rings (SSSR count). The maximum atomic E-state index is 6.36. The van der Waals surface area contributed by atoms with E-state index in [0.717, 1.165) is 30.7 Å². The van der Waals surface area contributed by atoms with Gasteiger partial charge in [-0.05, 0) is 30.5 Å². The van der Waals surface area contributed by atoms with Crippen molar-refractivity contribution in [3.05, 3.63) is 54.1 Å². The highest BCUT2D eigenvalue weighted by Crippen LogP contribution is 2.52. The zero-order valence-corrected chi connectivity index (χ0v) is 15.1. The fourth-order valence-corrected chi connectivity index (χ4v) is 5.13. The quantitative estimate of drug-likeness (QED) is 0.575. The molecule has 3 aromatic rings. The second-order valence-corrected chi connectivity index (χ2v) is 7.17. The van der Waals surface area contributed by atoms with Gasteiger partial charge in [0.15, 0.2) is 5.54 Å². The molecule has 1 aromatic heterocycles. The number of para-hydroxylation sites is 2. The summed E-state index contributed by atoms with van der Waals surface area (Å²) in [7, 11) is 0. The van der Waals surface area contributed by atoms with Crippen molar-refractivity contribution in [1.29, 1.82) is 0 Å². The fourth-order valence-electron chi connectivity index (χ4n) is 5.13. The van der Waals surface area contributed by atoms with Gasteiger partial charge in [-0.1, -0.05) is 51.1 Å². The first-order valence-electron chi connectivity index (χ1n) is 9.17. The van der Waals surface area contributed by atoms with Gasteiger partial charge in [-0.3, -0.25) is 0 Å². The number of fused-ring (bicyclic) bond motifs is 5. The lowest BCUT2D eigenvalue weighted by Crippen LogP contribution is -2.67. The first-order chi connectivity index (χ1) is 11.6. The van der Waals surface area contributed by atoms with E-state index in [1.54, 1.807) is 0 Å². The summed E-state index contributed by atoms with van der Waals surface area (Å²) in [6.07, 6.45) is 3.32. The van der Waals surface area contributed by atoms with Crippen molar-refractivity contribution in [3.8, 4) is 11.5 Å². The highest BCUT2D eigenvalue weighted by molar-refractivity contribution is 5.73. The molecule has 1 aliphatic heterocycles. The van der Waals surface area contributed by atoms with Crippen LogP contribution >= 0.6 is 0 Å². The van der Waals surface area contributed by atoms with Gasteiger partial charge < -0.3 is 4.42 Å². The lowest BCUT2D eigenvalue weighted by Gasteiger charge is -2.46.